The van der Waals surface area contributed by atoms with Crippen LogP contribution in [-0.2, 0) is 19.4 Å². The van der Waals surface area contributed by atoms with Crippen LogP contribution in [0, 0.1) is 0 Å². The minimum absolute atomic E-state index is 0.0333. The molecule has 7 heteroatoms. The first-order valence-corrected chi connectivity index (χ1v) is 9.06. The maximum atomic E-state index is 12.3. The molecule has 2 fully saturated rings. The molecule has 2 atom stereocenters. The minimum Gasteiger partial charge on any atom is -0.374 e. The maximum absolute atomic E-state index is 12.3. The van der Waals surface area contributed by atoms with Crippen molar-refractivity contribution in [2.24, 2.45) is 0 Å². The van der Waals surface area contributed by atoms with Crippen molar-refractivity contribution in [3.63, 3.8) is 0 Å². The molecule has 5 nitrogen and oxygen atoms in total. The van der Waals surface area contributed by atoms with E-state index < -0.39 is 15.1 Å². The van der Waals surface area contributed by atoms with Crippen molar-refractivity contribution in [1.82, 2.24) is 4.90 Å². The van der Waals surface area contributed by atoms with Crippen LogP contribution in [0.2, 0.25) is 0 Å². The molecule has 0 aromatic rings. The fraction of sp³-hybridized carbons (Fsp3) is 0.909. The number of amides is 1. The molecule has 1 amide bonds. The van der Waals surface area contributed by atoms with Gasteiger partial charge >= 0.3 is 0 Å². The third kappa shape index (κ3) is 3.05. The Morgan fingerprint density at radius 2 is 2.17 bits per heavy atom. The summed E-state index contributed by atoms with van der Waals surface area (Å²) in [6, 6.07) is 0. The van der Waals surface area contributed by atoms with Gasteiger partial charge < -0.3 is 9.64 Å². The molecule has 2 rings (SSSR count). The standard InChI is InChI=1S/C11H18BrNO4S/c12-7-9-8-13(4-5-17-9)11(14)10-3-1-2-6-18(10,15)16/h9-10H,1-8H2. The predicted molar refractivity (Wildman–Crippen MR) is 71.5 cm³/mol. The number of alkyl halides is 1. The van der Waals surface area contributed by atoms with E-state index in [1.807, 2.05) is 0 Å². The highest BCUT2D eigenvalue weighted by Gasteiger charge is 2.38. The number of carbonyl (C=O) groups is 1. The van der Waals surface area contributed by atoms with Crippen molar-refractivity contribution >= 4 is 31.7 Å². The molecule has 0 aromatic heterocycles. The first kappa shape index (κ1) is 14.3. The molecule has 0 N–H and O–H groups in total. The van der Waals surface area contributed by atoms with Gasteiger partial charge in [0.15, 0.2) is 9.84 Å². The molecule has 18 heavy (non-hydrogen) atoms. The second-order valence-electron chi connectivity index (χ2n) is 4.78. The first-order valence-electron chi connectivity index (χ1n) is 6.22. The first-order chi connectivity index (χ1) is 8.54. The molecule has 0 aliphatic carbocycles. The number of rotatable bonds is 2. The number of hydrogen-bond donors (Lipinski definition) is 0. The van der Waals surface area contributed by atoms with E-state index in [1.54, 1.807) is 4.90 Å². The molecular weight excluding hydrogens is 322 g/mol. The fourth-order valence-electron chi connectivity index (χ4n) is 2.45. The Labute approximate surface area is 116 Å². The van der Waals surface area contributed by atoms with Gasteiger partial charge in [0.05, 0.1) is 18.5 Å². The molecule has 2 aliphatic rings. The summed E-state index contributed by atoms with van der Waals surface area (Å²) >= 11 is 3.32. The lowest BCUT2D eigenvalue weighted by Gasteiger charge is -2.35. The van der Waals surface area contributed by atoms with Crippen LogP contribution in [-0.4, -0.2) is 61.4 Å². The van der Waals surface area contributed by atoms with Crippen LogP contribution in [0.3, 0.4) is 0 Å². The van der Waals surface area contributed by atoms with Gasteiger partial charge in [-0.15, -0.1) is 0 Å². The second-order valence-corrected chi connectivity index (χ2v) is 7.73. The van der Waals surface area contributed by atoms with Crippen LogP contribution < -0.4 is 0 Å². The lowest BCUT2D eigenvalue weighted by Crippen LogP contribution is -2.52. The zero-order valence-electron chi connectivity index (χ0n) is 10.2. The Morgan fingerprint density at radius 3 is 2.83 bits per heavy atom. The van der Waals surface area contributed by atoms with Crippen molar-refractivity contribution < 1.29 is 17.9 Å². The van der Waals surface area contributed by atoms with Gasteiger partial charge in [-0.25, -0.2) is 8.42 Å². The van der Waals surface area contributed by atoms with E-state index in [0.29, 0.717) is 37.9 Å². The topological polar surface area (TPSA) is 63.7 Å². The molecule has 2 unspecified atom stereocenters. The molecule has 2 aliphatic heterocycles. The van der Waals surface area contributed by atoms with Crippen molar-refractivity contribution in [2.45, 2.75) is 30.6 Å². The molecule has 0 spiro atoms. The Balaban J connectivity index is 2.06. The largest absolute Gasteiger partial charge is 0.374 e. The van der Waals surface area contributed by atoms with Gasteiger partial charge in [-0.05, 0) is 12.8 Å². The van der Waals surface area contributed by atoms with Crippen LogP contribution in [0.25, 0.3) is 0 Å². The SMILES string of the molecule is O=C(C1CCCCS1(=O)=O)N1CCOC(CBr)C1. The summed E-state index contributed by atoms with van der Waals surface area (Å²) in [6.45, 7) is 1.46. The van der Waals surface area contributed by atoms with Gasteiger partial charge in [-0.1, -0.05) is 22.4 Å². The van der Waals surface area contributed by atoms with E-state index in [0.717, 1.165) is 6.42 Å². The van der Waals surface area contributed by atoms with Crippen LogP contribution in [0.1, 0.15) is 19.3 Å². The summed E-state index contributed by atoms with van der Waals surface area (Å²) in [4.78, 5) is 13.9. The highest BCUT2D eigenvalue weighted by atomic mass is 79.9. The van der Waals surface area contributed by atoms with Gasteiger partial charge in [-0.2, -0.15) is 0 Å². The number of morpholine rings is 1. The van der Waals surface area contributed by atoms with E-state index >= 15 is 0 Å². The summed E-state index contributed by atoms with van der Waals surface area (Å²) in [5, 5.41) is -0.158. The summed E-state index contributed by atoms with van der Waals surface area (Å²) in [5.41, 5.74) is 0. The summed E-state index contributed by atoms with van der Waals surface area (Å²) in [5.74, 6) is -0.0840. The summed E-state index contributed by atoms with van der Waals surface area (Å²) in [6.07, 6.45) is 1.94. The average Bonchev–Trinajstić information content (AvgIpc) is 2.37. The molecular formula is C11H18BrNO4S. The molecule has 104 valence electrons. The quantitative estimate of drug-likeness (QED) is 0.690. The van der Waals surface area contributed by atoms with E-state index in [4.69, 9.17) is 4.74 Å². The van der Waals surface area contributed by atoms with E-state index in [1.165, 1.54) is 0 Å². The van der Waals surface area contributed by atoms with E-state index in [2.05, 4.69) is 15.9 Å². The Morgan fingerprint density at radius 1 is 1.39 bits per heavy atom. The Bertz CT molecular complexity index is 411. The van der Waals surface area contributed by atoms with Crippen LogP contribution in [0.4, 0.5) is 0 Å². The van der Waals surface area contributed by atoms with Crippen molar-refractivity contribution in [3.8, 4) is 0 Å². The molecule has 0 radical (unpaired) electrons. The highest BCUT2D eigenvalue weighted by molar-refractivity contribution is 9.09. The van der Waals surface area contributed by atoms with Gasteiger partial charge in [0, 0.05) is 18.4 Å². The third-order valence-electron chi connectivity index (χ3n) is 3.48. The van der Waals surface area contributed by atoms with E-state index in [-0.39, 0.29) is 17.8 Å². The van der Waals surface area contributed by atoms with Gasteiger partial charge in [0.2, 0.25) is 5.91 Å². The number of halogens is 1. The smallest absolute Gasteiger partial charge is 0.241 e. The fourth-order valence-corrected chi connectivity index (χ4v) is 4.71. The van der Waals surface area contributed by atoms with Crippen LogP contribution in [0.15, 0.2) is 0 Å². The lowest BCUT2D eigenvalue weighted by atomic mass is 10.1. The van der Waals surface area contributed by atoms with E-state index in [9.17, 15) is 13.2 Å². The van der Waals surface area contributed by atoms with Crippen molar-refractivity contribution in [1.29, 1.82) is 0 Å². The zero-order chi connectivity index (χ0) is 13.2. The van der Waals surface area contributed by atoms with Gasteiger partial charge in [0.25, 0.3) is 0 Å². The van der Waals surface area contributed by atoms with Gasteiger partial charge in [0.1, 0.15) is 5.25 Å². The molecule has 0 bridgehead atoms. The van der Waals surface area contributed by atoms with Gasteiger partial charge in [-0.3, -0.25) is 4.79 Å². The lowest BCUT2D eigenvalue weighted by molar-refractivity contribution is -0.137. The number of hydrogen-bond acceptors (Lipinski definition) is 4. The number of sulfone groups is 1. The third-order valence-corrected chi connectivity index (χ3v) is 6.36. The normalized spacial score (nSPS) is 32.2. The number of carbonyl (C=O) groups excluding carboxylic acids is 1. The average molecular weight is 340 g/mol. The van der Waals surface area contributed by atoms with Crippen molar-refractivity contribution in [3.05, 3.63) is 0 Å². The molecule has 2 saturated heterocycles. The monoisotopic (exact) mass is 339 g/mol. The van der Waals surface area contributed by atoms with Crippen molar-refractivity contribution in [2.75, 3.05) is 30.8 Å². The predicted octanol–water partition coefficient (Wildman–Crippen LogP) is 0.576. The second kappa shape index (κ2) is 5.88. The molecule has 0 aromatic carbocycles. The minimum atomic E-state index is -3.24. The molecule has 0 saturated carbocycles. The maximum Gasteiger partial charge on any atom is 0.241 e. The zero-order valence-corrected chi connectivity index (χ0v) is 12.6. The summed E-state index contributed by atoms with van der Waals surface area (Å²) < 4.78 is 29.3. The number of ether oxygens (including phenoxy) is 1. The Kier molecular flexibility index (Phi) is 4.66. The summed E-state index contributed by atoms with van der Waals surface area (Å²) in [7, 11) is -3.24. The highest BCUT2D eigenvalue weighted by Crippen LogP contribution is 2.22. The number of nitrogens with zero attached hydrogens (tertiary/aromatic N) is 1. The van der Waals surface area contributed by atoms with Crippen LogP contribution >= 0.6 is 15.9 Å². The Hall–Kier alpha value is -0.140. The van der Waals surface area contributed by atoms with Crippen LogP contribution in [0.5, 0.6) is 0 Å². The molecule has 2 heterocycles.